The molecule has 0 saturated carbocycles. The Morgan fingerprint density at radius 1 is 1.14 bits per heavy atom. The molecule has 0 fully saturated rings. The molecular formula is C13H11BrF2N2O2S. The molecule has 4 nitrogen and oxygen atoms in total. The van der Waals surface area contributed by atoms with Crippen molar-refractivity contribution in [3.8, 4) is 0 Å². The zero-order valence-electron chi connectivity index (χ0n) is 10.6. The fourth-order valence-electron chi connectivity index (χ4n) is 1.69. The number of halogens is 3. The van der Waals surface area contributed by atoms with Gasteiger partial charge in [0.05, 0.1) is 0 Å². The summed E-state index contributed by atoms with van der Waals surface area (Å²) in [6.45, 7) is -0.135. The molecule has 0 spiro atoms. The summed E-state index contributed by atoms with van der Waals surface area (Å²) in [6.07, 6.45) is 0. The smallest absolute Gasteiger partial charge is 0.264 e. The Hall–Kier alpha value is -1.51. The second-order valence-electron chi connectivity index (χ2n) is 4.19. The van der Waals surface area contributed by atoms with Crippen molar-refractivity contribution in [2.75, 3.05) is 4.72 Å². The van der Waals surface area contributed by atoms with E-state index in [1.807, 2.05) is 0 Å². The van der Waals surface area contributed by atoms with Crippen LogP contribution in [0.4, 0.5) is 14.5 Å². The lowest BCUT2D eigenvalue weighted by Crippen LogP contribution is -2.16. The van der Waals surface area contributed by atoms with E-state index < -0.39 is 26.6 Å². The second kappa shape index (κ2) is 6.08. The van der Waals surface area contributed by atoms with Crippen molar-refractivity contribution in [1.29, 1.82) is 0 Å². The summed E-state index contributed by atoms with van der Waals surface area (Å²) in [5, 5.41) is 0. The molecule has 112 valence electrons. The molecule has 8 heteroatoms. The minimum Gasteiger partial charge on any atom is -0.326 e. The molecule has 0 bridgehead atoms. The molecule has 0 aliphatic carbocycles. The average molecular weight is 377 g/mol. The number of hydrogen-bond donors (Lipinski definition) is 2. The molecule has 2 rings (SSSR count). The van der Waals surface area contributed by atoms with Crippen molar-refractivity contribution in [3.05, 3.63) is 58.1 Å². The maximum Gasteiger partial charge on any atom is 0.264 e. The number of hydrogen-bond acceptors (Lipinski definition) is 3. The van der Waals surface area contributed by atoms with Crippen LogP contribution in [-0.2, 0) is 16.6 Å². The SMILES string of the molecule is NCc1cc(Br)cc(S(=O)(=O)Nc2ccc(F)cc2)c1F. The van der Waals surface area contributed by atoms with Gasteiger partial charge in [0, 0.05) is 22.3 Å². The molecule has 0 saturated heterocycles. The highest BCUT2D eigenvalue weighted by Crippen LogP contribution is 2.25. The lowest BCUT2D eigenvalue weighted by molar-refractivity contribution is 0.560. The van der Waals surface area contributed by atoms with E-state index in [1.54, 1.807) is 0 Å². The van der Waals surface area contributed by atoms with Crippen LogP contribution in [0.2, 0.25) is 0 Å². The van der Waals surface area contributed by atoms with Crippen molar-refractivity contribution in [2.24, 2.45) is 5.73 Å². The third kappa shape index (κ3) is 3.58. The zero-order valence-corrected chi connectivity index (χ0v) is 13.0. The van der Waals surface area contributed by atoms with Crippen LogP contribution < -0.4 is 10.5 Å². The molecule has 0 aliphatic rings. The van der Waals surface area contributed by atoms with Gasteiger partial charge in [0.1, 0.15) is 16.5 Å². The van der Waals surface area contributed by atoms with E-state index in [9.17, 15) is 17.2 Å². The number of anilines is 1. The highest BCUT2D eigenvalue weighted by molar-refractivity contribution is 9.10. The Bertz CT molecular complexity index is 764. The molecule has 0 aromatic heterocycles. The number of sulfonamides is 1. The van der Waals surface area contributed by atoms with E-state index in [0.717, 1.165) is 18.2 Å². The van der Waals surface area contributed by atoms with Crippen LogP contribution >= 0.6 is 15.9 Å². The van der Waals surface area contributed by atoms with E-state index >= 15 is 0 Å². The predicted octanol–water partition coefficient (Wildman–Crippen LogP) is 2.99. The summed E-state index contributed by atoms with van der Waals surface area (Å²) in [5.74, 6) is -1.41. The van der Waals surface area contributed by atoms with Gasteiger partial charge in [-0.15, -0.1) is 0 Å². The molecule has 2 aromatic carbocycles. The van der Waals surface area contributed by atoms with Crippen LogP contribution in [0.15, 0.2) is 45.8 Å². The van der Waals surface area contributed by atoms with Gasteiger partial charge in [-0.1, -0.05) is 15.9 Å². The Kier molecular flexibility index (Phi) is 4.60. The number of nitrogens with one attached hydrogen (secondary N) is 1. The van der Waals surface area contributed by atoms with Gasteiger partial charge in [0.15, 0.2) is 0 Å². The summed E-state index contributed by atoms with van der Waals surface area (Å²) in [6, 6.07) is 7.23. The van der Waals surface area contributed by atoms with E-state index in [0.29, 0.717) is 4.47 Å². The van der Waals surface area contributed by atoms with Gasteiger partial charge in [-0.2, -0.15) is 0 Å². The van der Waals surface area contributed by atoms with Crippen molar-refractivity contribution in [2.45, 2.75) is 11.4 Å². The van der Waals surface area contributed by atoms with Gasteiger partial charge in [-0.05, 0) is 36.4 Å². The molecule has 0 atom stereocenters. The first kappa shape index (κ1) is 15.9. The first-order valence-electron chi connectivity index (χ1n) is 5.80. The number of rotatable bonds is 4. The molecular weight excluding hydrogens is 366 g/mol. The van der Waals surface area contributed by atoms with Crippen LogP contribution in [0.1, 0.15) is 5.56 Å². The van der Waals surface area contributed by atoms with Crippen LogP contribution in [0.25, 0.3) is 0 Å². The average Bonchev–Trinajstić information content (AvgIpc) is 2.43. The van der Waals surface area contributed by atoms with Crippen molar-refractivity contribution in [3.63, 3.8) is 0 Å². The van der Waals surface area contributed by atoms with Crippen LogP contribution in [0, 0.1) is 11.6 Å². The number of nitrogens with two attached hydrogens (primary N) is 1. The Morgan fingerprint density at radius 2 is 1.76 bits per heavy atom. The standard InChI is InChI=1S/C13H11BrF2N2O2S/c14-9-5-8(7-17)13(16)12(6-9)21(19,20)18-11-3-1-10(15)2-4-11/h1-6,18H,7,17H2. The van der Waals surface area contributed by atoms with E-state index in [1.165, 1.54) is 18.2 Å². The summed E-state index contributed by atoms with van der Waals surface area (Å²) in [7, 11) is -4.14. The predicted molar refractivity (Wildman–Crippen MR) is 79.2 cm³/mol. The molecule has 0 aliphatic heterocycles. The minimum absolute atomic E-state index is 0.0730. The summed E-state index contributed by atoms with van der Waals surface area (Å²) in [4.78, 5) is -0.526. The minimum atomic E-state index is -4.14. The summed E-state index contributed by atoms with van der Waals surface area (Å²) < 4.78 is 54.0. The first-order chi connectivity index (χ1) is 9.83. The lowest BCUT2D eigenvalue weighted by Gasteiger charge is -2.11. The van der Waals surface area contributed by atoms with E-state index in [4.69, 9.17) is 5.73 Å². The topological polar surface area (TPSA) is 72.2 Å². The highest BCUT2D eigenvalue weighted by atomic mass is 79.9. The zero-order chi connectivity index (χ0) is 15.6. The van der Waals surface area contributed by atoms with Crippen LogP contribution in [0.5, 0.6) is 0 Å². The quantitative estimate of drug-likeness (QED) is 0.861. The molecule has 0 heterocycles. The van der Waals surface area contributed by atoms with Gasteiger partial charge in [0.2, 0.25) is 0 Å². The van der Waals surface area contributed by atoms with Gasteiger partial charge >= 0.3 is 0 Å². The van der Waals surface area contributed by atoms with E-state index in [-0.39, 0.29) is 17.8 Å². The van der Waals surface area contributed by atoms with Gasteiger partial charge in [0.25, 0.3) is 10.0 Å². The second-order valence-corrected chi connectivity index (χ2v) is 6.76. The normalized spacial score (nSPS) is 11.4. The Balaban J connectivity index is 2.44. The van der Waals surface area contributed by atoms with Gasteiger partial charge in [-0.25, -0.2) is 17.2 Å². The van der Waals surface area contributed by atoms with Crippen LogP contribution in [0.3, 0.4) is 0 Å². The molecule has 0 radical (unpaired) electrons. The van der Waals surface area contributed by atoms with E-state index in [2.05, 4.69) is 20.7 Å². The molecule has 3 N–H and O–H groups in total. The fourth-order valence-corrected chi connectivity index (χ4v) is 3.55. The third-order valence-electron chi connectivity index (χ3n) is 2.69. The summed E-state index contributed by atoms with van der Waals surface area (Å²) >= 11 is 3.11. The Labute approximate surface area is 129 Å². The van der Waals surface area contributed by atoms with Crippen molar-refractivity contribution in [1.82, 2.24) is 0 Å². The number of benzene rings is 2. The van der Waals surface area contributed by atoms with Crippen molar-refractivity contribution < 1.29 is 17.2 Å². The maximum absolute atomic E-state index is 14.1. The fraction of sp³-hybridized carbons (Fsp3) is 0.0769. The van der Waals surface area contributed by atoms with Crippen LogP contribution in [-0.4, -0.2) is 8.42 Å². The molecule has 21 heavy (non-hydrogen) atoms. The largest absolute Gasteiger partial charge is 0.326 e. The van der Waals surface area contributed by atoms with Crippen molar-refractivity contribution >= 4 is 31.6 Å². The lowest BCUT2D eigenvalue weighted by atomic mass is 10.2. The molecule has 2 aromatic rings. The van der Waals surface area contributed by atoms with Gasteiger partial charge < -0.3 is 5.73 Å². The highest BCUT2D eigenvalue weighted by Gasteiger charge is 2.22. The monoisotopic (exact) mass is 376 g/mol. The first-order valence-corrected chi connectivity index (χ1v) is 8.07. The Morgan fingerprint density at radius 3 is 2.33 bits per heavy atom. The molecule has 0 unspecified atom stereocenters. The third-order valence-corrected chi connectivity index (χ3v) is 4.52. The molecule has 0 amide bonds. The van der Waals surface area contributed by atoms with Gasteiger partial charge in [-0.3, -0.25) is 4.72 Å². The maximum atomic E-state index is 14.1. The summed E-state index contributed by atoms with van der Waals surface area (Å²) in [5.41, 5.74) is 5.59.